The third kappa shape index (κ3) is 3.66. The van der Waals surface area contributed by atoms with E-state index in [0.717, 1.165) is 43.2 Å². The van der Waals surface area contributed by atoms with Crippen LogP contribution in [0.3, 0.4) is 0 Å². The van der Waals surface area contributed by atoms with E-state index in [1.165, 1.54) is 22.3 Å². The van der Waals surface area contributed by atoms with Crippen molar-refractivity contribution in [1.29, 1.82) is 0 Å². The highest BCUT2D eigenvalue weighted by Crippen LogP contribution is 2.41. The van der Waals surface area contributed by atoms with Gasteiger partial charge in [-0.05, 0) is 23.3 Å². The van der Waals surface area contributed by atoms with Crippen LogP contribution < -0.4 is 14.4 Å². The summed E-state index contributed by atoms with van der Waals surface area (Å²) >= 11 is 0. The highest BCUT2D eigenvalue weighted by molar-refractivity contribution is 5.83. The van der Waals surface area contributed by atoms with Crippen LogP contribution in [0.4, 0.5) is 0 Å². The summed E-state index contributed by atoms with van der Waals surface area (Å²) in [7, 11) is 3.33. The number of ether oxygens (including phenoxy) is 2. The largest absolute Gasteiger partial charge is 0.497 e. The minimum Gasteiger partial charge on any atom is -0.497 e. The fourth-order valence-corrected chi connectivity index (χ4v) is 4.85. The molecule has 5 rings (SSSR count). The second-order valence-corrected chi connectivity index (χ2v) is 8.07. The van der Waals surface area contributed by atoms with Crippen molar-refractivity contribution in [1.82, 2.24) is 5.01 Å². The molecule has 0 radical (unpaired) electrons. The monoisotopic (exact) mass is 414 g/mol. The van der Waals surface area contributed by atoms with Gasteiger partial charge in [-0.3, -0.25) is 5.01 Å². The fourth-order valence-electron chi connectivity index (χ4n) is 4.85. The molecule has 1 heterocycles. The van der Waals surface area contributed by atoms with Crippen LogP contribution in [0.25, 0.3) is 11.1 Å². The molecule has 0 unspecified atom stereocenters. The zero-order chi connectivity index (χ0) is 21.2. The average Bonchev–Trinajstić information content (AvgIpc) is 3.17. The normalized spacial score (nSPS) is 16.4. The molecular formula is C26H28N3O2+. The summed E-state index contributed by atoms with van der Waals surface area (Å²) in [6.45, 7) is 3.99. The van der Waals surface area contributed by atoms with Gasteiger partial charge in [0.25, 0.3) is 0 Å². The lowest BCUT2D eigenvalue weighted by molar-refractivity contribution is -0.929. The fraction of sp³-hybridized carbons (Fsp3) is 0.269. The molecule has 1 aliphatic heterocycles. The summed E-state index contributed by atoms with van der Waals surface area (Å²) in [4.78, 5) is 1.62. The number of rotatable bonds is 5. The minimum absolute atomic E-state index is 0.417. The summed E-state index contributed by atoms with van der Waals surface area (Å²) in [6.07, 6.45) is 1.89. The van der Waals surface area contributed by atoms with E-state index in [1.807, 2.05) is 24.4 Å². The van der Waals surface area contributed by atoms with Crippen LogP contribution in [-0.4, -0.2) is 51.6 Å². The summed E-state index contributed by atoms with van der Waals surface area (Å²) in [6, 6.07) is 24.0. The van der Waals surface area contributed by atoms with Gasteiger partial charge in [0.1, 0.15) is 17.5 Å². The maximum Gasteiger partial charge on any atom is 0.140 e. The molecule has 0 saturated carbocycles. The van der Waals surface area contributed by atoms with E-state index in [9.17, 15) is 0 Å². The van der Waals surface area contributed by atoms with Crippen molar-refractivity contribution in [3.8, 4) is 22.6 Å². The second kappa shape index (κ2) is 8.44. The van der Waals surface area contributed by atoms with Gasteiger partial charge < -0.3 is 14.4 Å². The number of benzene rings is 3. The Morgan fingerprint density at radius 1 is 0.871 bits per heavy atom. The molecule has 1 N–H and O–H groups in total. The van der Waals surface area contributed by atoms with Crippen LogP contribution in [0, 0.1) is 0 Å². The van der Waals surface area contributed by atoms with Crippen molar-refractivity contribution < 1.29 is 14.4 Å². The smallest absolute Gasteiger partial charge is 0.140 e. The molecule has 2 aliphatic rings. The zero-order valence-corrected chi connectivity index (χ0v) is 18.0. The number of piperazine rings is 1. The Labute approximate surface area is 183 Å². The third-order valence-corrected chi connectivity index (χ3v) is 6.42. The van der Waals surface area contributed by atoms with Gasteiger partial charge in [-0.2, -0.15) is 5.10 Å². The van der Waals surface area contributed by atoms with E-state index >= 15 is 0 Å². The summed E-state index contributed by atoms with van der Waals surface area (Å²) in [5.74, 6) is 1.55. The van der Waals surface area contributed by atoms with Gasteiger partial charge in [0.2, 0.25) is 0 Å². The van der Waals surface area contributed by atoms with Crippen LogP contribution in [0.1, 0.15) is 22.7 Å². The lowest BCUT2D eigenvalue weighted by Crippen LogP contribution is -3.14. The van der Waals surface area contributed by atoms with E-state index in [0.29, 0.717) is 6.04 Å². The quantitative estimate of drug-likeness (QED) is 0.653. The molecule has 3 aromatic rings. The van der Waals surface area contributed by atoms with E-state index in [1.54, 1.807) is 19.1 Å². The van der Waals surface area contributed by atoms with Crippen molar-refractivity contribution in [2.45, 2.75) is 6.04 Å². The van der Waals surface area contributed by atoms with Gasteiger partial charge in [-0.1, -0.05) is 48.5 Å². The number of hydrogen-bond acceptors (Lipinski definition) is 4. The number of nitrogens with zero attached hydrogens (tertiary/aromatic N) is 2. The molecule has 3 aromatic carbocycles. The van der Waals surface area contributed by atoms with Crippen LogP contribution >= 0.6 is 0 Å². The van der Waals surface area contributed by atoms with Gasteiger partial charge in [-0.25, -0.2) is 0 Å². The van der Waals surface area contributed by atoms with E-state index in [2.05, 4.69) is 53.5 Å². The van der Waals surface area contributed by atoms with Crippen LogP contribution in [0.2, 0.25) is 0 Å². The van der Waals surface area contributed by atoms with Crippen molar-refractivity contribution >= 4 is 6.21 Å². The first-order valence-corrected chi connectivity index (χ1v) is 10.8. The molecule has 0 amide bonds. The van der Waals surface area contributed by atoms with Crippen LogP contribution in [-0.2, 0) is 0 Å². The van der Waals surface area contributed by atoms with E-state index in [-0.39, 0.29) is 0 Å². The van der Waals surface area contributed by atoms with Crippen LogP contribution in [0.5, 0.6) is 11.5 Å². The van der Waals surface area contributed by atoms with Gasteiger partial charge in [0, 0.05) is 22.8 Å². The molecule has 31 heavy (non-hydrogen) atoms. The number of hydrazone groups is 1. The Bertz CT molecular complexity index is 1060. The van der Waals surface area contributed by atoms with Gasteiger partial charge in [0.15, 0.2) is 0 Å². The predicted octanol–water partition coefficient (Wildman–Crippen LogP) is 3.01. The zero-order valence-electron chi connectivity index (χ0n) is 18.0. The van der Waals surface area contributed by atoms with Gasteiger partial charge in [-0.15, -0.1) is 0 Å². The predicted molar refractivity (Wildman–Crippen MR) is 123 cm³/mol. The molecule has 0 aromatic heterocycles. The first-order chi connectivity index (χ1) is 15.3. The van der Waals surface area contributed by atoms with Crippen LogP contribution in [0.15, 0.2) is 71.8 Å². The summed E-state index contributed by atoms with van der Waals surface area (Å²) in [5, 5.41) is 6.91. The van der Waals surface area contributed by atoms with E-state index < -0.39 is 0 Å². The molecule has 5 nitrogen and oxygen atoms in total. The van der Waals surface area contributed by atoms with Crippen molar-refractivity contribution in [2.75, 3.05) is 40.4 Å². The Morgan fingerprint density at radius 3 is 2.13 bits per heavy atom. The second-order valence-electron chi connectivity index (χ2n) is 8.07. The number of fused-ring (bicyclic) bond motifs is 3. The first-order valence-electron chi connectivity index (χ1n) is 10.8. The molecule has 158 valence electrons. The molecule has 1 fully saturated rings. The third-order valence-electron chi connectivity index (χ3n) is 6.42. The van der Waals surface area contributed by atoms with Gasteiger partial charge >= 0.3 is 0 Å². The SMILES string of the molecule is COc1ccc(/C=N\N2CC[NH+](C3c4ccccc4-c4ccccc43)CC2)c(OC)c1. The Morgan fingerprint density at radius 2 is 1.52 bits per heavy atom. The maximum atomic E-state index is 5.48. The standard InChI is InChI=1S/C26H27N3O2/c1-30-20-12-11-19(25(17-20)31-2)18-27-29-15-13-28(14-16-29)26-23-9-5-3-7-21(23)22-8-4-6-10-24(22)26/h3-12,17-18,26H,13-16H2,1-2H3/p+1/b27-18-. The Kier molecular flexibility index (Phi) is 5.35. The molecular weight excluding hydrogens is 386 g/mol. The first kappa shape index (κ1) is 19.6. The number of quaternary nitrogens is 1. The van der Waals surface area contributed by atoms with E-state index in [4.69, 9.17) is 14.6 Å². The maximum absolute atomic E-state index is 5.48. The lowest BCUT2D eigenvalue weighted by Gasteiger charge is -2.34. The Balaban J connectivity index is 1.30. The molecule has 0 atom stereocenters. The van der Waals surface area contributed by atoms with Crippen molar-refractivity contribution in [2.24, 2.45) is 5.10 Å². The highest BCUT2D eigenvalue weighted by Gasteiger charge is 2.37. The molecule has 0 bridgehead atoms. The lowest BCUT2D eigenvalue weighted by atomic mass is 10.0. The number of hydrogen-bond donors (Lipinski definition) is 1. The number of nitrogens with one attached hydrogen (secondary N) is 1. The molecule has 0 spiro atoms. The minimum atomic E-state index is 0.417. The summed E-state index contributed by atoms with van der Waals surface area (Å²) in [5.41, 5.74) is 6.65. The Hall–Kier alpha value is -3.31. The average molecular weight is 415 g/mol. The van der Waals surface area contributed by atoms with Crippen molar-refractivity contribution in [3.63, 3.8) is 0 Å². The topological polar surface area (TPSA) is 38.5 Å². The molecule has 1 aliphatic carbocycles. The van der Waals surface area contributed by atoms with Gasteiger partial charge in [0.05, 0.1) is 46.6 Å². The van der Waals surface area contributed by atoms with Crippen molar-refractivity contribution in [3.05, 3.63) is 83.4 Å². The number of methoxy groups -OCH3 is 2. The highest BCUT2D eigenvalue weighted by atomic mass is 16.5. The summed E-state index contributed by atoms with van der Waals surface area (Å²) < 4.78 is 10.8. The molecule has 5 heteroatoms. The molecule has 1 saturated heterocycles.